The van der Waals surface area contributed by atoms with E-state index in [-0.39, 0.29) is 25.2 Å². The Labute approximate surface area is 358 Å². The van der Waals surface area contributed by atoms with Gasteiger partial charge in [-0.2, -0.15) is 0 Å². The fourth-order valence-corrected chi connectivity index (χ4v) is 6.06. The van der Waals surface area contributed by atoms with Crippen molar-refractivity contribution in [1.29, 1.82) is 0 Å². The summed E-state index contributed by atoms with van der Waals surface area (Å²) in [5.41, 5.74) is 0. The molecule has 0 heterocycles. The van der Waals surface area contributed by atoms with E-state index in [1.165, 1.54) is 70.6 Å². The van der Waals surface area contributed by atoms with Crippen molar-refractivity contribution in [1.82, 2.24) is 0 Å². The highest BCUT2D eigenvalue weighted by atomic mass is 16.6. The number of hydrogen-bond donors (Lipinski definition) is 0. The number of carbonyl (C=O) groups excluding carboxylic acids is 2. The Morgan fingerprint density at radius 1 is 0.397 bits per heavy atom. The van der Waals surface area contributed by atoms with Crippen LogP contribution in [0.2, 0.25) is 0 Å². The molecular weight excluding hydrogens is 717 g/mol. The highest BCUT2D eigenvalue weighted by Gasteiger charge is 2.17. The van der Waals surface area contributed by atoms with E-state index in [9.17, 15) is 9.59 Å². The standard InChI is InChI=1S/C53H88O5/c1-4-7-10-13-16-19-22-25-26-27-30-33-36-39-42-45-48-56-49-51(58-53(55)47-44-41-38-35-32-29-24-21-18-15-12-9-6-3)50-57-52(54)46-43-40-37-34-31-28-23-20-17-14-11-8-5-2/h8,11-12,15-17,19-21,24-26,28,31,37,40,51H,4-7,9-10,13-14,18,22-23,27,29-30,32-36,38-39,41-50H2,1-3H3/b11-8-,15-12-,19-16-,20-17-,24-21-,26-25-,31-28-,40-37-. The van der Waals surface area contributed by atoms with Crippen molar-refractivity contribution in [3.63, 3.8) is 0 Å². The smallest absolute Gasteiger partial charge is 0.306 e. The molecule has 0 aromatic rings. The Morgan fingerprint density at radius 2 is 0.845 bits per heavy atom. The average molecular weight is 805 g/mol. The molecule has 330 valence electrons. The van der Waals surface area contributed by atoms with Gasteiger partial charge in [-0.25, -0.2) is 0 Å². The van der Waals surface area contributed by atoms with Crippen molar-refractivity contribution in [3.05, 3.63) is 97.2 Å². The lowest BCUT2D eigenvalue weighted by Crippen LogP contribution is -2.30. The summed E-state index contributed by atoms with van der Waals surface area (Å²) in [4.78, 5) is 25.2. The van der Waals surface area contributed by atoms with Crippen LogP contribution in [0.5, 0.6) is 0 Å². The molecule has 5 heteroatoms. The quantitative estimate of drug-likeness (QED) is 0.0349. The Bertz CT molecular complexity index is 1140. The molecule has 0 saturated heterocycles. The zero-order valence-corrected chi connectivity index (χ0v) is 37.8. The third-order valence-corrected chi connectivity index (χ3v) is 9.57. The highest BCUT2D eigenvalue weighted by molar-refractivity contribution is 5.70. The van der Waals surface area contributed by atoms with Gasteiger partial charge in [-0.15, -0.1) is 0 Å². The molecule has 5 nitrogen and oxygen atoms in total. The first kappa shape index (κ1) is 54.8. The normalized spacial score (nSPS) is 13.1. The van der Waals surface area contributed by atoms with Crippen LogP contribution in [0.3, 0.4) is 0 Å². The van der Waals surface area contributed by atoms with Crippen molar-refractivity contribution >= 4 is 11.9 Å². The Morgan fingerprint density at radius 3 is 1.38 bits per heavy atom. The van der Waals surface area contributed by atoms with Crippen molar-refractivity contribution < 1.29 is 23.8 Å². The third-order valence-electron chi connectivity index (χ3n) is 9.57. The molecule has 0 aliphatic rings. The topological polar surface area (TPSA) is 61.8 Å². The monoisotopic (exact) mass is 805 g/mol. The number of hydrogen-bond acceptors (Lipinski definition) is 5. The molecule has 0 bridgehead atoms. The first-order valence-electron chi connectivity index (χ1n) is 23.8. The van der Waals surface area contributed by atoms with E-state index in [4.69, 9.17) is 14.2 Å². The van der Waals surface area contributed by atoms with Gasteiger partial charge in [-0.05, 0) is 103 Å². The third kappa shape index (κ3) is 45.5. The second-order valence-electron chi connectivity index (χ2n) is 15.3. The lowest BCUT2D eigenvalue weighted by atomic mass is 10.1. The minimum absolute atomic E-state index is 0.0321. The zero-order chi connectivity index (χ0) is 42.1. The van der Waals surface area contributed by atoms with Crippen LogP contribution in [0.4, 0.5) is 0 Å². The summed E-state index contributed by atoms with van der Waals surface area (Å²) in [5.74, 6) is -0.520. The van der Waals surface area contributed by atoms with Gasteiger partial charge >= 0.3 is 11.9 Å². The maximum atomic E-state index is 12.7. The van der Waals surface area contributed by atoms with Gasteiger partial charge in [0.1, 0.15) is 6.61 Å². The maximum absolute atomic E-state index is 12.7. The van der Waals surface area contributed by atoms with Crippen molar-refractivity contribution in [2.45, 2.75) is 207 Å². The molecule has 0 rings (SSSR count). The number of unbranched alkanes of at least 4 members (excludes halogenated alkanes) is 15. The molecule has 0 amide bonds. The van der Waals surface area contributed by atoms with Crippen molar-refractivity contribution in [2.24, 2.45) is 0 Å². The van der Waals surface area contributed by atoms with Crippen LogP contribution >= 0.6 is 0 Å². The SMILES string of the molecule is CC/C=C\C/C=C\C/C=C\C/C=C\CCC(=O)OCC(COCCCCCCCC/C=C\C/C=C\CCCCC)OC(=O)CCCCCCC/C=C\C/C=C\CCC. The molecule has 0 aromatic heterocycles. The molecule has 0 saturated carbocycles. The van der Waals surface area contributed by atoms with E-state index < -0.39 is 6.10 Å². The Hall–Kier alpha value is -3.18. The summed E-state index contributed by atoms with van der Waals surface area (Å²) in [7, 11) is 0. The predicted molar refractivity (Wildman–Crippen MR) is 251 cm³/mol. The first-order valence-corrected chi connectivity index (χ1v) is 23.8. The van der Waals surface area contributed by atoms with Gasteiger partial charge in [0.05, 0.1) is 6.61 Å². The Balaban J connectivity index is 4.41. The molecule has 0 N–H and O–H groups in total. The van der Waals surface area contributed by atoms with Crippen LogP contribution in [0, 0.1) is 0 Å². The number of allylic oxidation sites excluding steroid dienone is 16. The lowest BCUT2D eigenvalue weighted by molar-refractivity contribution is -0.162. The average Bonchev–Trinajstić information content (AvgIpc) is 3.22. The number of carbonyl (C=O) groups is 2. The fourth-order valence-electron chi connectivity index (χ4n) is 6.06. The number of ether oxygens (including phenoxy) is 3. The number of rotatable bonds is 42. The predicted octanol–water partition coefficient (Wildman–Crippen LogP) is 15.9. The first-order chi connectivity index (χ1) is 28.6. The van der Waals surface area contributed by atoms with Crippen LogP contribution in [-0.4, -0.2) is 37.9 Å². The largest absolute Gasteiger partial charge is 0.462 e. The van der Waals surface area contributed by atoms with E-state index in [0.717, 1.165) is 89.9 Å². The van der Waals surface area contributed by atoms with Crippen LogP contribution in [0.25, 0.3) is 0 Å². The molecule has 0 aliphatic heterocycles. The highest BCUT2D eigenvalue weighted by Crippen LogP contribution is 2.12. The van der Waals surface area contributed by atoms with Crippen LogP contribution in [0.1, 0.15) is 201 Å². The van der Waals surface area contributed by atoms with Crippen LogP contribution < -0.4 is 0 Å². The second-order valence-corrected chi connectivity index (χ2v) is 15.3. The minimum atomic E-state index is -0.581. The summed E-state index contributed by atoms with van der Waals surface area (Å²) >= 11 is 0. The molecule has 0 radical (unpaired) electrons. The van der Waals surface area contributed by atoms with Gasteiger partial charge in [0, 0.05) is 19.4 Å². The van der Waals surface area contributed by atoms with Gasteiger partial charge in [0.2, 0.25) is 0 Å². The van der Waals surface area contributed by atoms with Gasteiger partial charge in [0.25, 0.3) is 0 Å². The molecule has 1 unspecified atom stereocenters. The van der Waals surface area contributed by atoms with E-state index in [2.05, 4.69) is 112 Å². The molecule has 0 aromatic carbocycles. The summed E-state index contributed by atoms with van der Waals surface area (Å²) in [6.45, 7) is 7.49. The van der Waals surface area contributed by atoms with E-state index in [1.807, 2.05) is 6.08 Å². The maximum Gasteiger partial charge on any atom is 0.306 e. The van der Waals surface area contributed by atoms with Gasteiger partial charge in [-0.3, -0.25) is 9.59 Å². The molecule has 0 aliphatic carbocycles. The zero-order valence-electron chi connectivity index (χ0n) is 37.8. The summed E-state index contributed by atoms with van der Waals surface area (Å²) in [5, 5.41) is 0. The van der Waals surface area contributed by atoms with Crippen molar-refractivity contribution in [3.8, 4) is 0 Å². The van der Waals surface area contributed by atoms with Gasteiger partial charge < -0.3 is 14.2 Å². The molecular formula is C53H88O5. The van der Waals surface area contributed by atoms with Gasteiger partial charge in [0.15, 0.2) is 6.10 Å². The number of esters is 2. The lowest BCUT2D eigenvalue weighted by Gasteiger charge is -2.18. The molecule has 58 heavy (non-hydrogen) atoms. The molecule has 0 spiro atoms. The van der Waals surface area contributed by atoms with E-state index >= 15 is 0 Å². The summed E-state index contributed by atoms with van der Waals surface area (Å²) in [6.07, 6.45) is 64.2. The fraction of sp³-hybridized carbons (Fsp3) is 0.660. The Kier molecular flexibility index (Phi) is 45.5. The second kappa shape index (κ2) is 48.2. The van der Waals surface area contributed by atoms with E-state index in [1.54, 1.807) is 0 Å². The summed E-state index contributed by atoms with van der Waals surface area (Å²) in [6, 6.07) is 0. The van der Waals surface area contributed by atoms with Crippen molar-refractivity contribution in [2.75, 3.05) is 19.8 Å². The van der Waals surface area contributed by atoms with Gasteiger partial charge in [-0.1, -0.05) is 182 Å². The molecule has 0 fully saturated rings. The summed E-state index contributed by atoms with van der Waals surface area (Å²) < 4.78 is 17.3. The van der Waals surface area contributed by atoms with Crippen LogP contribution in [-0.2, 0) is 23.8 Å². The van der Waals surface area contributed by atoms with Crippen LogP contribution in [0.15, 0.2) is 97.2 Å². The molecule has 1 atom stereocenters. The minimum Gasteiger partial charge on any atom is -0.462 e. The van der Waals surface area contributed by atoms with E-state index in [0.29, 0.717) is 25.9 Å².